The summed E-state index contributed by atoms with van der Waals surface area (Å²) < 4.78 is 0. The molecule has 1 aromatic heterocycles. The number of aromatic nitrogens is 1. The van der Waals surface area contributed by atoms with E-state index in [4.69, 9.17) is 0 Å². The number of carbonyl (C=O) groups is 1. The topological polar surface area (TPSA) is 60.5 Å². The first-order valence-electron chi connectivity index (χ1n) is 8.20. The van der Waals surface area contributed by atoms with Crippen molar-refractivity contribution in [3.63, 3.8) is 0 Å². The minimum Gasteiger partial charge on any atom is -0.354 e. The van der Waals surface area contributed by atoms with Gasteiger partial charge in [-0.05, 0) is 25.1 Å². The Kier molecular flexibility index (Phi) is 5.24. The summed E-state index contributed by atoms with van der Waals surface area (Å²) in [5, 5.41) is 6.37. The van der Waals surface area contributed by atoms with Crippen molar-refractivity contribution in [1.82, 2.24) is 20.5 Å². The van der Waals surface area contributed by atoms with Gasteiger partial charge in [0.2, 0.25) is 5.91 Å². The summed E-state index contributed by atoms with van der Waals surface area (Å²) in [6, 6.07) is 6.35. The van der Waals surface area contributed by atoms with E-state index in [1.165, 1.54) is 0 Å². The van der Waals surface area contributed by atoms with E-state index >= 15 is 0 Å². The molecule has 22 heavy (non-hydrogen) atoms. The molecule has 0 spiro atoms. The van der Waals surface area contributed by atoms with E-state index in [0.29, 0.717) is 12.5 Å². The molecule has 3 heterocycles. The maximum absolute atomic E-state index is 11.9. The van der Waals surface area contributed by atoms with Crippen LogP contribution in [0.4, 0.5) is 5.82 Å². The number of anilines is 1. The van der Waals surface area contributed by atoms with E-state index < -0.39 is 0 Å². The second kappa shape index (κ2) is 7.56. The average Bonchev–Trinajstić information content (AvgIpc) is 3.07. The summed E-state index contributed by atoms with van der Waals surface area (Å²) in [5.74, 6) is 1.23. The SMILES string of the molecule is O=C(CCN1CCN(c2ccccn2)CC1)NC1CCNC1. The van der Waals surface area contributed by atoms with Crippen LogP contribution in [0, 0.1) is 0 Å². The summed E-state index contributed by atoms with van der Waals surface area (Å²) >= 11 is 0. The van der Waals surface area contributed by atoms with E-state index in [-0.39, 0.29) is 5.91 Å². The molecule has 0 aliphatic carbocycles. The van der Waals surface area contributed by atoms with Crippen LogP contribution >= 0.6 is 0 Å². The van der Waals surface area contributed by atoms with Gasteiger partial charge in [-0.1, -0.05) is 6.07 Å². The molecule has 3 rings (SSSR count). The Morgan fingerprint density at radius 2 is 2.18 bits per heavy atom. The molecule has 1 aromatic rings. The van der Waals surface area contributed by atoms with E-state index in [9.17, 15) is 4.79 Å². The molecule has 0 saturated carbocycles. The Morgan fingerprint density at radius 1 is 1.32 bits per heavy atom. The number of hydrogen-bond donors (Lipinski definition) is 2. The third-order valence-electron chi connectivity index (χ3n) is 4.43. The lowest BCUT2D eigenvalue weighted by molar-refractivity contribution is -0.122. The highest BCUT2D eigenvalue weighted by Gasteiger charge is 2.20. The lowest BCUT2D eigenvalue weighted by atomic mass is 10.2. The number of piperazine rings is 1. The molecule has 6 nitrogen and oxygen atoms in total. The maximum Gasteiger partial charge on any atom is 0.221 e. The smallest absolute Gasteiger partial charge is 0.221 e. The van der Waals surface area contributed by atoms with Crippen LogP contribution in [0.15, 0.2) is 24.4 Å². The number of carbonyl (C=O) groups excluding carboxylic acids is 1. The lowest BCUT2D eigenvalue weighted by Gasteiger charge is -2.35. The summed E-state index contributed by atoms with van der Waals surface area (Å²) in [6.45, 7) is 6.72. The van der Waals surface area contributed by atoms with Crippen molar-refractivity contribution in [2.45, 2.75) is 18.9 Å². The standard InChI is InChI=1S/C16H25N5O/c22-16(19-14-4-7-17-13-14)5-8-20-9-11-21(12-10-20)15-3-1-2-6-18-15/h1-3,6,14,17H,4-5,7-13H2,(H,19,22). The van der Waals surface area contributed by atoms with Gasteiger partial charge in [-0.2, -0.15) is 0 Å². The summed E-state index contributed by atoms with van der Waals surface area (Å²) in [6.07, 6.45) is 3.48. The Morgan fingerprint density at radius 3 is 2.86 bits per heavy atom. The van der Waals surface area contributed by atoms with Gasteiger partial charge < -0.3 is 15.5 Å². The zero-order chi connectivity index (χ0) is 15.2. The molecular weight excluding hydrogens is 278 g/mol. The molecule has 0 bridgehead atoms. The van der Waals surface area contributed by atoms with Crippen molar-refractivity contribution in [3.8, 4) is 0 Å². The van der Waals surface area contributed by atoms with Crippen molar-refractivity contribution in [2.24, 2.45) is 0 Å². The molecule has 0 radical (unpaired) electrons. The highest BCUT2D eigenvalue weighted by molar-refractivity contribution is 5.76. The summed E-state index contributed by atoms with van der Waals surface area (Å²) in [5.41, 5.74) is 0. The van der Waals surface area contributed by atoms with E-state index in [2.05, 4.69) is 31.5 Å². The van der Waals surface area contributed by atoms with Gasteiger partial charge in [-0.15, -0.1) is 0 Å². The predicted octanol–water partition coefficient (Wildman–Crippen LogP) is 0.0718. The minimum absolute atomic E-state index is 0.181. The van der Waals surface area contributed by atoms with E-state index in [1.807, 2.05) is 18.3 Å². The lowest BCUT2D eigenvalue weighted by Crippen LogP contribution is -2.47. The second-order valence-corrected chi connectivity index (χ2v) is 6.02. The normalized spacial score (nSPS) is 22.7. The van der Waals surface area contributed by atoms with Gasteiger partial charge in [-0.25, -0.2) is 4.98 Å². The zero-order valence-electron chi connectivity index (χ0n) is 13.0. The Balaban J connectivity index is 1.36. The van der Waals surface area contributed by atoms with Crippen molar-refractivity contribution in [3.05, 3.63) is 24.4 Å². The molecule has 2 aliphatic rings. The van der Waals surface area contributed by atoms with Gasteiger partial charge in [0.05, 0.1) is 0 Å². The highest BCUT2D eigenvalue weighted by Crippen LogP contribution is 2.12. The molecule has 2 saturated heterocycles. The van der Waals surface area contributed by atoms with Crippen molar-refractivity contribution in [2.75, 3.05) is 50.7 Å². The summed E-state index contributed by atoms with van der Waals surface area (Å²) in [4.78, 5) is 21.0. The number of nitrogens with one attached hydrogen (secondary N) is 2. The third kappa shape index (κ3) is 4.18. The van der Waals surface area contributed by atoms with Crippen LogP contribution in [0.3, 0.4) is 0 Å². The first-order chi connectivity index (χ1) is 10.8. The minimum atomic E-state index is 0.181. The van der Waals surface area contributed by atoms with Crippen LogP contribution in [-0.4, -0.2) is 67.6 Å². The van der Waals surface area contributed by atoms with Gasteiger partial charge in [0.1, 0.15) is 5.82 Å². The number of hydrogen-bond acceptors (Lipinski definition) is 5. The van der Waals surface area contributed by atoms with Gasteiger partial charge in [0, 0.05) is 57.9 Å². The Labute approximate surface area is 131 Å². The zero-order valence-corrected chi connectivity index (χ0v) is 13.0. The van der Waals surface area contributed by atoms with Crippen LogP contribution in [0.1, 0.15) is 12.8 Å². The van der Waals surface area contributed by atoms with Crippen molar-refractivity contribution < 1.29 is 4.79 Å². The van der Waals surface area contributed by atoms with Gasteiger partial charge in [0.25, 0.3) is 0 Å². The Hall–Kier alpha value is -1.66. The molecule has 2 aliphatic heterocycles. The number of rotatable bonds is 5. The first-order valence-corrected chi connectivity index (χ1v) is 8.20. The fourth-order valence-electron chi connectivity index (χ4n) is 3.08. The van der Waals surface area contributed by atoms with Crippen molar-refractivity contribution in [1.29, 1.82) is 0 Å². The summed E-state index contributed by atoms with van der Waals surface area (Å²) in [7, 11) is 0. The molecule has 6 heteroatoms. The molecule has 0 aromatic carbocycles. The quantitative estimate of drug-likeness (QED) is 0.806. The number of pyridine rings is 1. The molecular formula is C16H25N5O. The first kappa shape index (κ1) is 15.2. The predicted molar refractivity (Wildman–Crippen MR) is 86.9 cm³/mol. The largest absolute Gasteiger partial charge is 0.354 e. The number of nitrogens with zero attached hydrogens (tertiary/aromatic N) is 3. The van der Waals surface area contributed by atoms with Crippen LogP contribution in [0.2, 0.25) is 0 Å². The molecule has 1 atom stereocenters. The van der Waals surface area contributed by atoms with Gasteiger partial charge in [0.15, 0.2) is 0 Å². The molecule has 2 N–H and O–H groups in total. The van der Waals surface area contributed by atoms with Crippen LogP contribution in [-0.2, 0) is 4.79 Å². The Bertz CT molecular complexity index is 467. The fourth-order valence-corrected chi connectivity index (χ4v) is 3.08. The molecule has 2 fully saturated rings. The van der Waals surface area contributed by atoms with Crippen LogP contribution in [0.5, 0.6) is 0 Å². The number of amides is 1. The van der Waals surface area contributed by atoms with Gasteiger partial charge in [-0.3, -0.25) is 9.69 Å². The van der Waals surface area contributed by atoms with E-state index in [0.717, 1.165) is 58.1 Å². The molecule has 1 unspecified atom stereocenters. The van der Waals surface area contributed by atoms with Crippen molar-refractivity contribution >= 4 is 11.7 Å². The van der Waals surface area contributed by atoms with E-state index in [1.54, 1.807) is 0 Å². The molecule has 120 valence electrons. The molecule has 1 amide bonds. The maximum atomic E-state index is 11.9. The monoisotopic (exact) mass is 303 g/mol. The average molecular weight is 303 g/mol. The third-order valence-corrected chi connectivity index (χ3v) is 4.43. The highest BCUT2D eigenvalue weighted by atomic mass is 16.1. The fraction of sp³-hybridized carbons (Fsp3) is 0.625. The van der Waals surface area contributed by atoms with Gasteiger partial charge >= 0.3 is 0 Å². The second-order valence-electron chi connectivity index (χ2n) is 6.02. The van der Waals surface area contributed by atoms with Crippen LogP contribution in [0.25, 0.3) is 0 Å². The van der Waals surface area contributed by atoms with Crippen LogP contribution < -0.4 is 15.5 Å².